The molecule has 7 nitrogen and oxygen atoms in total. The molecule has 0 aliphatic rings. The van der Waals surface area contributed by atoms with Crippen LogP contribution in [0.4, 0.5) is 5.69 Å². The van der Waals surface area contributed by atoms with E-state index in [1.807, 2.05) is 6.92 Å². The number of nitrogens with zero attached hydrogens (tertiary/aromatic N) is 4. The van der Waals surface area contributed by atoms with Crippen LogP contribution in [0, 0.1) is 28.4 Å². The van der Waals surface area contributed by atoms with Gasteiger partial charge in [-0.05, 0) is 19.1 Å². The molecule has 0 atom stereocenters. The average Bonchev–Trinajstić information content (AvgIpc) is 2.41. The lowest BCUT2D eigenvalue weighted by Gasteiger charge is -2.04. The third kappa shape index (κ3) is 2.81. The average molecular weight is 256 g/mol. The van der Waals surface area contributed by atoms with Gasteiger partial charge in [-0.15, -0.1) is 0 Å². The predicted molar refractivity (Wildman–Crippen MR) is 64.7 cm³/mol. The number of ether oxygens (including phenoxy) is 1. The predicted octanol–water partition coefficient (Wildman–Crippen LogP) is 2.36. The molecule has 0 unspecified atom stereocenters. The molecule has 0 aliphatic carbocycles. The van der Waals surface area contributed by atoms with E-state index in [0.717, 1.165) is 11.8 Å². The van der Waals surface area contributed by atoms with Crippen LogP contribution in [-0.2, 0) is 0 Å². The van der Waals surface area contributed by atoms with Crippen molar-refractivity contribution in [3.8, 4) is 17.7 Å². The molecule has 0 spiro atoms. The summed E-state index contributed by atoms with van der Waals surface area (Å²) >= 11 is 0. The molecule has 0 saturated heterocycles. The van der Waals surface area contributed by atoms with E-state index >= 15 is 0 Å². The highest BCUT2D eigenvalue weighted by atomic mass is 16.6. The van der Waals surface area contributed by atoms with Gasteiger partial charge in [-0.3, -0.25) is 15.1 Å². The van der Waals surface area contributed by atoms with Crippen LogP contribution in [0.5, 0.6) is 11.6 Å². The van der Waals surface area contributed by atoms with Crippen molar-refractivity contribution >= 4 is 5.69 Å². The second-order valence-corrected chi connectivity index (χ2v) is 3.65. The minimum Gasteiger partial charge on any atom is -0.432 e. The van der Waals surface area contributed by atoms with Gasteiger partial charge in [0.2, 0.25) is 0 Å². The molecule has 7 heteroatoms. The van der Waals surface area contributed by atoms with Crippen LogP contribution in [0.15, 0.2) is 30.6 Å². The molecular weight excluding hydrogens is 248 g/mol. The van der Waals surface area contributed by atoms with Crippen LogP contribution in [-0.4, -0.2) is 14.9 Å². The van der Waals surface area contributed by atoms with E-state index in [-0.39, 0.29) is 17.1 Å². The number of rotatable bonds is 3. The zero-order valence-corrected chi connectivity index (χ0v) is 9.90. The smallest absolute Gasteiger partial charge is 0.332 e. The molecule has 0 bridgehead atoms. The Morgan fingerprint density at radius 3 is 2.74 bits per heavy atom. The van der Waals surface area contributed by atoms with Crippen LogP contribution >= 0.6 is 0 Å². The van der Waals surface area contributed by atoms with E-state index < -0.39 is 4.92 Å². The van der Waals surface area contributed by atoms with Gasteiger partial charge in [0.15, 0.2) is 0 Å². The van der Waals surface area contributed by atoms with E-state index in [1.54, 1.807) is 18.2 Å². The van der Waals surface area contributed by atoms with Crippen molar-refractivity contribution in [2.75, 3.05) is 0 Å². The summed E-state index contributed by atoms with van der Waals surface area (Å²) in [4.78, 5) is 18.0. The summed E-state index contributed by atoms with van der Waals surface area (Å²) in [6.07, 6.45) is 2.66. The summed E-state index contributed by atoms with van der Waals surface area (Å²) in [7, 11) is 0. The lowest BCUT2D eigenvalue weighted by molar-refractivity contribution is -0.386. The van der Waals surface area contributed by atoms with E-state index in [9.17, 15) is 10.1 Å². The van der Waals surface area contributed by atoms with Crippen molar-refractivity contribution in [3.05, 3.63) is 52.0 Å². The molecule has 0 saturated carbocycles. The first-order chi connectivity index (χ1) is 9.10. The number of aromatic nitrogens is 2. The molecule has 0 aromatic carbocycles. The zero-order chi connectivity index (χ0) is 13.8. The molecule has 0 aliphatic heterocycles. The van der Waals surface area contributed by atoms with E-state index in [2.05, 4.69) is 9.97 Å². The Labute approximate surface area is 108 Å². The molecule has 0 fully saturated rings. The maximum atomic E-state index is 10.9. The van der Waals surface area contributed by atoms with E-state index in [4.69, 9.17) is 10.00 Å². The Morgan fingerprint density at radius 2 is 2.16 bits per heavy atom. The molecule has 2 rings (SSSR count). The molecule has 94 valence electrons. The number of nitro groups is 1. The highest BCUT2D eigenvalue weighted by molar-refractivity contribution is 5.47. The normalized spacial score (nSPS) is 9.68. The zero-order valence-electron chi connectivity index (χ0n) is 9.90. The monoisotopic (exact) mass is 256 g/mol. The van der Waals surface area contributed by atoms with Crippen molar-refractivity contribution in [2.24, 2.45) is 0 Å². The summed E-state index contributed by atoms with van der Waals surface area (Å²) in [5, 5.41) is 19.6. The molecule has 0 amide bonds. The van der Waals surface area contributed by atoms with Crippen molar-refractivity contribution in [1.29, 1.82) is 5.26 Å². The minimum absolute atomic E-state index is 0.0982. The quantitative estimate of drug-likeness (QED) is 0.617. The lowest BCUT2D eigenvalue weighted by Crippen LogP contribution is -1.97. The third-order valence-electron chi connectivity index (χ3n) is 2.26. The van der Waals surface area contributed by atoms with Gasteiger partial charge in [0.25, 0.3) is 5.88 Å². The molecular formula is C12H8N4O3. The topological polar surface area (TPSA) is 102 Å². The lowest BCUT2D eigenvalue weighted by atomic mass is 10.3. The minimum atomic E-state index is -0.648. The summed E-state index contributed by atoms with van der Waals surface area (Å²) in [5.41, 5.74) is 0.537. The fourth-order valence-electron chi connectivity index (χ4n) is 1.34. The summed E-state index contributed by atoms with van der Waals surface area (Å²) in [5.74, 6) is 0.167. The maximum Gasteiger partial charge on any atom is 0.332 e. The highest BCUT2D eigenvalue weighted by Gasteiger charge is 2.18. The molecule has 2 aromatic rings. The summed E-state index contributed by atoms with van der Waals surface area (Å²) in [6, 6.07) is 6.24. The van der Waals surface area contributed by atoms with E-state index in [0.29, 0.717) is 5.75 Å². The molecule has 0 N–H and O–H groups in total. The molecule has 2 heterocycles. The van der Waals surface area contributed by atoms with Gasteiger partial charge in [0, 0.05) is 18.0 Å². The fourth-order valence-corrected chi connectivity index (χ4v) is 1.34. The van der Waals surface area contributed by atoms with Gasteiger partial charge in [-0.25, -0.2) is 4.98 Å². The largest absolute Gasteiger partial charge is 0.432 e. The Morgan fingerprint density at radius 1 is 1.37 bits per heavy atom. The van der Waals surface area contributed by atoms with Crippen LogP contribution < -0.4 is 4.74 Å². The Bertz CT molecular complexity index is 662. The first-order valence-corrected chi connectivity index (χ1v) is 5.25. The first-order valence-electron chi connectivity index (χ1n) is 5.25. The van der Waals surface area contributed by atoms with Gasteiger partial charge >= 0.3 is 5.69 Å². The Kier molecular flexibility index (Phi) is 3.34. The first kappa shape index (κ1) is 12.4. The number of nitriles is 1. The van der Waals surface area contributed by atoms with Crippen molar-refractivity contribution in [3.63, 3.8) is 0 Å². The van der Waals surface area contributed by atoms with Crippen LogP contribution in [0.2, 0.25) is 0 Å². The summed E-state index contributed by atoms with van der Waals surface area (Å²) < 4.78 is 5.30. The number of aryl methyl sites for hydroxylation is 1. The van der Waals surface area contributed by atoms with Crippen LogP contribution in [0.25, 0.3) is 0 Å². The van der Waals surface area contributed by atoms with Crippen LogP contribution in [0.3, 0.4) is 0 Å². The fraction of sp³-hybridized carbons (Fsp3) is 0.0833. The van der Waals surface area contributed by atoms with Crippen molar-refractivity contribution in [1.82, 2.24) is 9.97 Å². The Hall–Kier alpha value is -3.01. The highest BCUT2D eigenvalue weighted by Crippen LogP contribution is 2.29. The van der Waals surface area contributed by atoms with Crippen molar-refractivity contribution in [2.45, 2.75) is 6.92 Å². The van der Waals surface area contributed by atoms with Gasteiger partial charge in [-0.1, -0.05) is 0 Å². The molecule has 2 aromatic heterocycles. The molecule has 0 radical (unpaired) electrons. The summed E-state index contributed by atoms with van der Waals surface area (Å²) in [6.45, 7) is 1.81. The van der Waals surface area contributed by atoms with Crippen LogP contribution in [0.1, 0.15) is 11.3 Å². The van der Waals surface area contributed by atoms with Gasteiger partial charge in [-0.2, -0.15) is 5.26 Å². The van der Waals surface area contributed by atoms with Gasteiger partial charge in [0.05, 0.1) is 16.7 Å². The SMILES string of the molecule is Cc1ccc(Oc2ncc(C#N)cc2[N+](=O)[O-])cn1. The molecule has 19 heavy (non-hydrogen) atoms. The third-order valence-corrected chi connectivity index (χ3v) is 2.26. The standard InChI is InChI=1S/C12H8N4O3/c1-8-2-3-10(7-14-8)19-12-11(16(17)18)4-9(5-13)6-15-12/h2-4,6-7H,1H3. The second kappa shape index (κ2) is 5.10. The number of hydrogen-bond acceptors (Lipinski definition) is 6. The van der Waals surface area contributed by atoms with E-state index in [1.165, 1.54) is 12.4 Å². The number of pyridine rings is 2. The maximum absolute atomic E-state index is 10.9. The van der Waals surface area contributed by atoms with Crippen molar-refractivity contribution < 1.29 is 9.66 Å². The second-order valence-electron chi connectivity index (χ2n) is 3.65. The number of hydrogen-bond donors (Lipinski definition) is 0. The van der Waals surface area contributed by atoms with Gasteiger partial charge in [0.1, 0.15) is 11.8 Å². The Balaban J connectivity index is 2.37. The van der Waals surface area contributed by atoms with Gasteiger partial charge < -0.3 is 4.74 Å².